The topological polar surface area (TPSA) is 91.7 Å². The van der Waals surface area contributed by atoms with Crippen LogP contribution >= 0.6 is 0 Å². The fourth-order valence-electron chi connectivity index (χ4n) is 2.90. The molecule has 0 heterocycles. The molecule has 2 atom stereocenters. The largest absolute Gasteiger partial charge is 0.394 e. The van der Waals surface area contributed by atoms with Crippen molar-refractivity contribution in [2.45, 2.75) is 40.0 Å². The number of ketones is 1. The lowest BCUT2D eigenvalue weighted by molar-refractivity contribution is -0.128. The van der Waals surface area contributed by atoms with Gasteiger partial charge in [0.15, 0.2) is 0 Å². The van der Waals surface area contributed by atoms with Gasteiger partial charge >= 0.3 is 10.4 Å². The molecule has 2 saturated carbocycles. The molecule has 5 nitrogen and oxygen atoms in total. The van der Waals surface area contributed by atoms with Crippen molar-refractivity contribution in [2.75, 3.05) is 0 Å². The lowest BCUT2D eigenvalue weighted by Gasteiger charge is -2.32. The highest BCUT2D eigenvalue weighted by atomic mass is 32.3. The van der Waals surface area contributed by atoms with Crippen molar-refractivity contribution in [1.29, 1.82) is 0 Å². The van der Waals surface area contributed by atoms with Crippen molar-refractivity contribution in [3.8, 4) is 0 Å². The van der Waals surface area contributed by atoms with Crippen molar-refractivity contribution in [3.05, 3.63) is 0 Å². The minimum atomic E-state index is -4.67. The van der Waals surface area contributed by atoms with Gasteiger partial charge in [-0.25, -0.2) is 0 Å². The standard InChI is InChI=1S/C10H16O.H2O4S/c1-9(2)7-4-5-10(9,3)8(11)6-7;1-5(2,3)4/h7H,4-6H2,1-3H3;(H2,1,2,3,4). The molecule has 0 aromatic carbocycles. The van der Waals surface area contributed by atoms with E-state index in [1.807, 2.05) is 0 Å². The molecule has 0 amide bonds. The summed E-state index contributed by atoms with van der Waals surface area (Å²) in [6, 6.07) is 0. The van der Waals surface area contributed by atoms with E-state index in [9.17, 15) is 4.79 Å². The monoisotopic (exact) mass is 250 g/mol. The first-order valence-electron chi connectivity index (χ1n) is 5.21. The summed E-state index contributed by atoms with van der Waals surface area (Å²) in [5.41, 5.74) is 0.307. The smallest absolute Gasteiger partial charge is 0.299 e. The molecule has 2 N–H and O–H groups in total. The van der Waals surface area contributed by atoms with Crippen LogP contribution in [0, 0.1) is 16.7 Å². The molecule has 2 rings (SSSR count). The normalized spacial score (nSPS) is 35.8. The average molecular weight is 250 g/mol. The second-order valence-electron chi connectivity index (χ2n) is 5.36. The first-order chi connectivity index (χ1) is 6.98. The van der Waals surface area contributed by atoms with Gasteiger partial charge in [-0.05, 0) is 24.2 Å². The lowest BCUT2D eigenvalue weighted by Crippen LogP contribution is -2.32. The van der Waals surface area contributed by atoms with Gasteiger partial charge in [0, 0.05) is 11.8 Å². The Bertz CT molecular complexity index is 389. The minimum absolute atomic E-state index is 0.0255. The SMILES string of the molecule is CC12CCC(CC1=O)C2(C)C.O=S(=O)(O)O. The number of hydrogen-bond donors (Lipinski definition) is 2. The van der Waals surface area contributed by atoms with E-state index in [1.165, 1.54) is 6.42 Å². The van der Waals surface area contributed by atoms with Gasteiger partial charge < -0.3 is 0 Å². The molecule has 0 saturated heterocycles. The van der Waals surface area contributed by atoms with Gasteiger partial charge in [-0.3, -0.25) is 13.9 Å². The Morgan fingerprint density at radius 3 is 1.81 bits per heavy atom. The molecule has 0 aliphatic heterocycles. The van der Waals surface area contributed by atoms with Crippen molar-refractivity contribution < 1.29 is 22.3 Å². The van der Waals surface area contributed by atoms with E-state index in [0.717, 1.165) is 12.8 Å². The fraction of sp³-hybridized carbons (Fsp3) is 0.900. The summed E-state index contributed by atoms with van der Waals surface area (Å²) in [4.78, 5) is 11.6. The van der Waals surface area contributed by atoms with Crippen LogP contribution in [0.25, 0.3) is 0 Å². The van der Waals surface area contributed by atoms with Gasteiger partial charge in [-0.15, -0.1) is 0 Å². The van der Waals surface area contributed by atoms with Gasteiger partial charge in [0.05, 0.1) is 0 Å². The summed E-state index contributed by atoms with van der Waals surface area (Å²) in [5.74, 6) is 1.19. The Balaban J connectivity index is 0.000000221. The highest BCUT2D eigenvalue weighted by Crippen LogP contribution is 2.63. The summed E-state index contributed by atoms with van der Waals surface area (Å²) in [6.07, 6.45) is 3.25. The lowest BCUT2D eigenvalue weighted by atomic mass is 9.70. The maximum atomic E-state index is 11.6. The van der Waals surface area contributed by atoms with Crippen LogP contribution in [0.4, 0.5) is 0 Å². The first kappa shape index (κ1) is 13.6. The number of carbonyl (C=O) groups excluding carboxylic acids is 1. The molecular weight excluding hydrogens is 232 g/mol. The zero-order valence-electron chi connectivity index (χ0n) is 9.73. The van der Waals surface area contributed by atoms with Gasteiger partial charge in [-0.1, -0.05) is 20.8 Å². The highest BCUT2D eigenvalue weighted by molar-refractivity contribution is 7.79. The first-order valence-corrected chi connectivity index (χ1v) is 6.61. The van der Waals surface area contributed by atoms with E-state index < -0.39 is 10.4 Å². The molecule has 6 heteroatoms. The van der Waals surface area contributed by atoms with Crippen LogP contribution < -0.4 is 0 Å². The summed E-state index contributed by atoms with van der Waals surface area (Å²) >= 11 is 0. The van der Waals surface area contributed by atoms with Crippen LogP contribution in [0.3, 0.4) is 0 Å². The Kier molecular flexibility index (Phi) is 3.22. The fourth-order valence-corrected chi connectivity index (χ4v) is 2.90. The molecule has 2 aliphatic rings. The van der Waals surface area contributed by atoms with Gasteiger partial charge in [-0.2, -0.15) is 8.42 Å². The third kappa shape index (κ3) is 2.28. The second kappa shape index (κ2) is 3.78. The van der Waals surface area contributed by atoms with Crippen molar-refractivity contribution in [2.24, 2.45) is 16.7 Å². The van der Waals surface area contributed by atoms with E-state index >= 15 is 0 Å². The quantitative estimate of drug-likeness (QED) is 0.639. The molecular formula is C10H18O5S. The molecule has 0 spiro atoms. The van der Waals surface area contributed by atoms with Crippen LogP contribution in [-0.4, -0.2) is 23.3 Å². The maximum absolute atomic E-state index is 11.6. The van der Waals surface area contributed by atoms with Crippen molar-refractivity contribution in [1.82, 2.24) is 0 Å². The number of Topliss-reactive ketones (excluding diaryl/α,β-unsaturated/α-hetero) is 1. The Hall–Kier alpha value is -0.460. The van der Waals surface area contributed by atoms with Crippen molar-refractivity contribution >= 4 is 16.2 Å². The summed E-state index contributed by atoms with van der Waals surface area (Å²) < 4.78 is 31.6. The zero-order chi connectivity index (χ0) is 12.8. The third-order valence-corrected chi connectivity index (χ3v) is 4.48. The second-order valence-corrected chi connectivity index (χ2v) is 6.26. The van der Waals surface area contributed by atoms with E-state index in [4.69, 9.17) is 17.5 Å². The molecule has 2 bridgehead atoms. The summed E-state index contributed by atoms with van der Waals surface area (Å²) in [5, 5.41) is 0. The van der Waals surface area contributed by atoms with Gasteiger partial charge in [0.2, 0.25) is 0 Å². The van der Waals surface area contributed by atoms with Crippen LogP contribution in [0.1, 0.15) is 40.0 Å². The predicted molar refractivity (Wildman–Crippen MR) is 58.4 cm³/mol. The molecule has 2 aliphatic carbocycles. The van der Waals surface area contributed by atoms with E-state index in [1.54, 1.807) is 0 Å². The Labute approximate surface area is 95.8 Å². The van der Waals surface area contributed by atoms with E-state index in [2.05, 4.69) is 20.8 Å². The Morgan fingerprint density at radius 2 is 1.69 bits per heavy atom. The molecule has 16 heavy (non-hydrogen) atoms. The number of fused-ring (bicyclic) bond motifs is 2. The minimum Gasteiger partial charge on any atom is -0.299 e. The molecule has 0 radical (unpaired) electrons. The van der Waals surface area contributed by atoms with Gasteiger partial charge in [0.1, 0.15) is 5.78 Å². The van der Waals surface area contributed by atoms with E-state index in [-0.39, 0.29) is 10.8 Å². The van der Waals surface area contributed by atoms with Crippen LogP contribution in [-0.2, 0) is 15.2 Å². The van der Waals surface area contributed by atoms with Gasteiger partial charge in [0.25, 0.3) is 0 Å². The average Bonchev–Trinajstić information content (AvgIpc) is 2.33. The molecule has 2 unspecified atom stereocenters. The predicted octanol–water partition coefficient (Wildman–Crippen LogP) is 1.75. The maximum Gasteiger partial charge on any atom is 0.394 e. The van der Waals surface area contributed by atoms with Crippen LogP contribution in [0.5, 0.6) is 0 Å². The van der Waals surface area contributed by atoms with E-state index in [0.29, 0.717) is 11.7 Å². The molecule has 0 aromatic rings. The highest BCUT2D eigenvalue weighted by Gasteiger charge is 2.61. The van der Waals surface area contributed by atoms with Crippen molar-refractivity contribution in [3.63, 3.8) is 0 Å². The number of carbonyl (C=O) groups is 1. The Morgan fingerprint density at radius 1 is 1.25 bits per heavy atom. The van der Waals surface area contributed by atoms with Crippen LogP contribution in [0.15, 0.2) is 0 Å². The molecule has 0 aromatic heterocycles. The molecule has 94 valence electrons. The van der Waals surface area contributed by atoms with Crippen LogP contribution in [0.2, 0.25) is 0 Å². The number of rotatable bonds is 0. The third-order valence-electron chi connectivity index (χ3n) is 4.48. The summed E-state index contributed by atoms with van der Waals surface area (Å²) in [6.45, 7) is 6.67. The molecule has 2 fully saturated rings. The summed E-state index contributed by atoms with van der Waals surface area (Å²) in [7, 11) is -4.67. The number of hydrogen-bond acceptors (Lipinski definition) is 3. The zero-order valence-corrected chi connectivity index (χ0v) is 10.5.